The Labute approximate surface area is 182 Å². The molecule has 0 saturated heterocycles. The second kappa shape index (κ2) is 7.76. The lowest BCUT2D eigenvalue weighted by Gasteiger charge is -2.09. The third-order valence-corrected chi connectivity index (χ3v) is 5.12. The van der Waals surface area contributed by atoms with Gasteiger partial charge in [-0.15, -0.1) is 5.10 Å². The summed E-state index contributed by atoms with van der Waals surface area (Å²) in [6, 6.07) is 8.72. The fourth-order valence-electron chi connectivity index (χ4n) is 2.93. The van der Waals surface area contributed by atoms with Crippen LogP contribution in [0.15, 0.2) is 41.1 Å². The number of carbonyl (C=O) groups excluding carboxylic acids is 1. The molecule has 0 saturated carbocycles. The fourth-order valence-corrected chi connectivity index (χ4v) is 3.45. The first kappa shape index (κ1) is 21.0. The van der Waals surface area contributed by atoms with Gasteiger partial charge in [-0.2, -0.15) is 18.3 Å². The number of rotatable bonds is 4. The van der Waals surface area contributed by atoms with Crippen LogP contribution in [0, 0.1) is 13.8 Å². The highest BCUT2D eigenvalue weighted by atomic mass is 79.9. The summed E-state index contributed by atoms with van der Waals surface area (Å²) in [5.74, 6) is -0.766. The van der Waals surface area contributed by atoms with Crippen molar-refractivity contribution in [3.63, 3.8) is 0 Å². The molecular formula is C19H15BrF3N7O. The minimum Gasteiger partial charge on any atom is -0.288 e. The maximum atomic E-state index is 13.4. The van der Waals surface area contributed by atoms with E-state index < -0.39 is 17.8 Å². The van der Waals surface area contributed by atoms with Crippen molar-refractivity contribution in [1.29, 1.82) is 0 Å². The van der Waals surface area contributed by atoms with Crippen molar-refractivity contribution in [2.45, 2.75) is 26.6 Å². The number of hydrogen-bond donors (Lipinski definition) is 1. The SMILES string of the molecule is Cc1ccc(Cn2cnc(NC(=O)c3nn4c(C(F)(F)F)cc(C)nc4c3Br)n2)cc1. The second-order valence-electron chi connectivity index (χ2n) is 6.88. The molecule has 0 spiro atoms. The molecule has 8 nitrogen and oxygen atoms in total. The second-order valence-corrected chi connectivity index (χ2v) is 7.68. The molecule has 0 aliphatic heterocycles. The number of amides is 1. The first-order valence-corrected chi connectivity index (χ1v) is 9.80. The predicted octanol–water partition coefficient (Wildman–Crippen LogP) is 4.02. The van der Waals surface area contributed by atoms with E-state index in [1.807, 2.05) is 31.2 Å². The van der Waals surface area contributed by atoms with Gasteiger partial charge in [0.1, 0.15) is 12.0 Å². The lowest BCUT2D eigenvalue weighted by atomic mass is 10.1. The van der Waals surface area contributed by atoms with Gasteiger partial charge >= 0.3 is 6.18 Å². The summed E-state index contributed by atoms with van der Waals surface area (Å²) in [6.45, 7) is 3.86. The number of fused-ring (bicyclic) bond motifs is 1. The normalized spacial score (nSPS) is 11.8. The van der Waals surface area contributed by atoms with Gasteiger partial charge in [-0.05, 0) is 41.4 Å². The molecule has 160 valence electrons. The highest BCUT2D eigenvalue weighted by molar-refractivity contribution is 9.10. The largest absolute Gasteiger partial charge is 0.433 e. The van der Waals surface area contributed by atoms with Crippen LogP contribution in [0.3, 0.4) is 0 Å². The molecule has 0 radical (unpaired) electrons. The van der Waals surface area contributed by atoms with Crippen molar-refractivity contribution >= 4 is 33.4 Å². The fraction of sp³-hybridized carbons (Fsp3) is 0.211. The average molecular weight is 494 g/mol. The molecule has 31 heavy (non-hydrogen) atoms. The Kier molecular flexibility index (Phi) is 5.25. The van der Waals surface area contributed by atoms with Crippen molar-refractivity contribution in [2.24, 2.45) is 0 Å². The maximum Gasteiger partial charge on any atom is 0.433 e. The number of anilines is 1. The Balaban J connectivity index is 1.58. The monoisotopic (exact) mass is 493 g/mol. The van der Waals surface area contributed by atoms with Crippen molar-refractivity contribution in [3.05, 3.63) is 69.3 Å². The molecule has 1 aromatic carbocycles. The van der Waals surface area contributed by atoms with Crippen molar-refractivity contribution < 1.29 is 18.0 Å². The van der Waals surface area contributed by atoms with Crippen LogP contribution in [0.1, 0.15) is 33.0 Å². The van der Waals surface area contributed by atoms with E-state index in [-0.39, 0.29) is 27.5 Å². The Morgan fingerprint density at radius 1 is 1.16 bits per heavy atom. The van der Waals surface area contributed by atoms with Gasteiger partial charge < -0.3 is 0 Å². The summed E-state index contributed by atoms with van der Waals surface area (Å²) < 4.78 is 42.3. The number of benzene rings is 1. The van der Waals surface area contributed by atoms with Crippen LogP contribution in [0.2, 0.25) is 0 Å². The van der Waals surface area contributed by atoms with Crippen molar-refractivity contribution in [2.75, 3.05) is 5.32 Å². The standard InChI is InChI=1S/C19H15BrF3N7O/c1-10-3-5-12(6-4-10)8-29-9-24-18(28-29)26-17(31)15-14(20)16-25-11(2)7-13(19(21,22)23)30(16)27-15/h3-7,9H,8H2,1-2H3,(H,26,28,31). The van der Waals surface area contributed by atoms with Gasteiger partial charge in [-0.1, -0.05) is 29.8 Å². The molecule has 0 aliphatic rings. The van der Waals surface area contributed by atoms with Crippen LogP contribution >= 0.6 is 15.9 Å². The smallest absolute Gasteiger partial charge is 0.288 e. The van der Waals surface area contributed by atoms with Crippen molar-refractivity contribution in [1.82, 2.24) is 29.4 Å². The Hall–Kier alpha value is -3.28. The van der Waals surface area contributed by atoms with Gasteiger partial charge in [0.25, 0.3) is 5.91 Å². The number of aromatic nitrogens is 6. The molecule has 1 amide bonds. The highest BCUT2D eigenvalue weighted by Gasteiger charge is 2.36. The zero-order valence-electron chi connectivity index (χ0n) is 16.3. The first-order chi connectivity index (χ1) is 14.6. The van der Waals surface area contributed by atoms with Gasteiger partial charge in [0, 0.05) is 5.69 Å². The summed E-state index contributed by atoms with van der Waals surface area (Å²) in [6.07, 6.45) is -3.22. The number of aryl methyl sites for hydroxylation is 2. The Morgan fingerprint density at radius 2 is 1.87 bits per heavy atom. The molecule has 4 rings (SSSR count). The zero-order valence-corrected chi connectivity index (χ0v) is 17.9. The van der Waals surface area contributed by atoms with Crippen LogP contribution in [0.5, 0.6) is 0 Å². The molecule has 0 fully saturated rings. The van der Waals surface area contributed by atoms with Gasteiger partial charge in [0.05, 0.1) is 11.0 Å². The van der Waals surface area contributed by atoms with E-state index in [0.717, 1.165) is 17.2 Å². The summed E-state index contributed by atoms with van der Waals surface area (Å²) in [5, 5.41) is 10.4. The third kappa shape index (κ3) is 4.29. The van der Waals surface area contributed by atoms with Gasteiger partial charge in [-0.25, -0.2) is 19.2 Å². The summed E-state index contributed by atoms with van der Waals surface area (Å²) in [4.78, 5) is 20.7. The van der Waals surface area contributed by atoms with Crippen LogP contribution in [0.4, 0.5) is 19.1 Å². The van der Waals surface area contributed by atoms with Crippen LogP contribution in [0.25, 0.3) is 5.65 Å². The Morgan fingerprint density at radius 3 is 2.55 bits per heavy atom. The summed E-state index contributed by atoms with van der Waals surface area (Å²) >= 11 is 3.14. The van der Waals surface area contributed by atoms with Crippen molar-refractivity contribution in [3.8, 4) is 0 Å². The van der Waals surface area contributed by atoms with E-state index in [1.165, 1.54) is 17.9 Å². The van der Waals surface area contributed by atoms with E-state index in [4.69, 9.17) is 0 Å². The van der Waals surface area contributed by atoms with Crippen LogP contribution < -0.4 is 5.32 Å². The number of nitrogens with one attached hydrogen (secondary N) is 1. The van der Waals surface area contributed by atoms with E-state index in [9.17, 15) is 18.0 Å². The quantitative estimate of drug-likeness (QED) is 0.463. The minimum atomic E-state index is -4.67. The molecule has 3 aromatic heterocycles. The number of carbonyl (C=O) groups is 1. The van der Waals surface area contributed by atoms with E-state index in [2.05, 4.69) is 41.4 Å². The molecule has 3 heterocycles. The molecule has 1 N–H and O–H groups in total. The summed E-state index contributed by atoms with van der Waals surface area (Å²) in [7, 11) is 0. The molecule has 0 atom stereocenters. The number of nitrogens with zero attached hydrogens (tertiary/aromatic N) is 6. The first-order valence-electron chi connectivity index (χ1n) is 9.01. The van der Waals surface area contributed by atoms with Gasteiger partial charge in [-0.3, -0.25) is 10.1 Å². The minimum absolute atomic E-state index is 0.00116. The topological polar surface area (TPSA) is 90.0 Å². The van der Waals surface area contributed by atoms with Gasteiger partial charge in [0.15, 0.2) is 11.3 Å². The zero-order chi connectivity index (χ0) is 22.3. The van der Waals surface area contributed by atoms with E-state index in [1.54, 1.807) is 0 Å². The predicted molar refractivity (Wildman–Crippen MR) is 109 cm³/mol. The third-order valence-electron chi connectivity index (χ3n) is 4.39. The van der Waals surface area contributed by atoms with E-state index in [0.29, 0.717) is 11.1 Å². The molecular weight excluding hydrogens is 479 g/mol. The number of halogens is 4. The molecule has 0 unspecified atom stereocenters. The summed E-state index contributed by atoms with van der Waals surface area (Å²) in [5.41, 5.74) is 0.859. The lowest BCUT2D eigenvalue weighted by Crippen LogP contribution is -2.16. The maximum absolute atomic E-state index is 13.4. The Bertz CT molecular complexity index is 1280. The van der Waals surface area contributed by atoms with Gasteiger partial charge in [0.2, 0.25) is 5.95 Å². The highest BCUT2D eigenvalue weighted by Crippen LogP contribution is 2.32. The lowest BCUT2D eigenvalue weighted by molar-refractivity contribution is -0.142. The van der Waals surface area contributed by atoms with Crippen LogP contribution in [-0.4, -0.2) is 35.3 Å². The van der Waals surface area contributed by atoms with Crippen LogP contribution in [-0.2, 0) is 12.7 Å². The average Bonchev–Trinajstić information content (AvgIpc) is 3.27. The number of alkyl halides is 3. The van der Waals surface area contributed by atoms with E-state index >= 15 is 0 Å². The molecule has 0 bridgehead atoms. The molecule has 12 heteroatoms. The molecule has 0 aliphatic carbocycles. The number of hydrogen-bond acceptors (Lipinski definition) is 5. The molecule has 4 aromatic rings.